The number of carbonyl (C=O) groups excluding carboxylic acids is 1. The van der Waals surface area contributed by atoms with Gasteiger partial charge in [-0.15, -0.1) is 0 Å². The van der Waals surface area contributed by atoms with E-state index >= 15 is 0 Å². The van der Waals surface area contributed by atoms with Crippen molar-refractivity contribution in [2.24, 2.45) is 0 Å². The first-order valence-corrected chi connectivity index (χ1v) is 8.36. The van der Waals surface area contributed by atoms with Crippen molar-refractivity contribution in [1.82, 2.24) is 4.90 Å². The smallest absolute Gasteiger partial charge is 0.241 e. The van der Waals surface area contributed by atoms with E-state index in [1.54, 1.807) is 49.2 Å². The maximum absolute atomic E-state index is 13.8. The fraction of sp³-hybridized carbons (Fsp3) is 0.278. The van der Waals surface area contributed by atoms with E-state index in [0.717, 1.165) is 5.56 Å². The Kier molecular flexibility index (Phi) is 6.64. The lowest BCUT2D eigenvalue weighted by molar-refractivity contribution is -0.120. The quantitative estimate of drug-likeness (QED) is 0.790. The summed E-state index contributed by atoms with van der Waals surface area (Å²) in [6, 6.07) is 9.14. The number of nitrogens with one attached hydrogen (secondary N) is 1. The lowest BCUT2D eigenvalue weighted by Gasteiger charge is -2.24. The van der Waals surface area contributed by atoms with Crippen LogP contribution in [0.2, 0.25) is 10.0 Å². The zero-order chi connectivity index (χ0) is 18.6. The molecule has 0 aliphatic carbocycles. The van der Waals surface area contributed by atoms with Crippen LogP contribution in [0, 0.1) is 5.82 Å². The third-order valence-corrected chi connectivity index (χ3v) is 4.43. The van der Waals surface area contributed by atoms with Gasteiger partial charge in [-0.3, -0.25) is 9.69 Å². The first-order valence-electron chi connectivity index (χ1n) is 7.60. The number of benzene rings is 2. The van der Waals surface area contributed by atoms with Gasteiger partial charge in [0.2, 0.25) is 5.91 Å². The summed E-state index contributed by atoms with van der Waals surface area (Å²) in [4.78, 5) is 14.2. The molecular formula is C18H19Cl2FN2O2. The van der Waals surface area contributed by atoms with Gasteiger partial charge >= 0.3 is 0 Å². The molecule has 1 atom stereocenters. The van der Waals surface area contributed by atoms with Crippen molar-refractivity contribution < 1.29 is 13.9 Å². The lowest BCUT2D eigenvalue weighted by atomic mass is 10.1. The van der Waals surface area contributed by atoms with Crippen LogP contribution in [0.1, 0.15) is 12.5 Å². The van der Waals surface area contributed by atoms with Gasteiger partial charge in [-0.2, -0.15) is 0 Å². The van der Waals surface area contributed by atoms with E-state index in [4.69, 9.17) is 27.9 Å². The molecule has 0 spiro atoms. The molecule has 134 valence electrons. The van der Waals surface area contributed by atoms with Crippen molar-refractivity contribution in [2.75, 3.05) is 19.5 Å². The molecule has 1 unspecified atom stereocenters. The number of anilines is 1. The van der Waals surface area contributed by atoms with Crippen LogP contribution in [-0.4, -0.2) is 31.0 Å². The van der Waals surface area contributed by atoms with Gasteiger partial charge in [-0.05, 0) is 49.9 Å². The Bertz CT molecular complexity index is 771. The van der Waals surface area contributed by atoms with E-state index in [0.29, 0.717) is 22.3 Å². The van der Waals surface area contributed by atoms with Crippen LogP contribution in [0.15, 0.2) is 36.4 Å². The van der Waals surface area contributed by atoms with Gasteiger partial charge < -0.3 is 10.1 Å². The summed E-state index contributed by atoms with van der Waals surface area (Å²) >= 11 is 11.9. The van der Waals surface area contributed by atoms with Gasteiger partial charge in [0.25, 0.3) is 0 Å². The molecule has 0 radical (unpaired) electrons. The minimum absolute atomic E-state index is 0.189. The summed E-state index contributed by atoms with van der Waals surface area (Å²) in [6.45, 7) is 2.17. The molecule has 2 aromatic rings. The van der Waals surface area contributed by atoms with E-state index in [1.165, 1.54) is 13.2 Å². The van der Waals surface area contributed by atoms with Crippen molar-refractivity contribution in [1.29, 1.82) is 0 Å². The molecule has 0 saturated heterocycles. The second-order valence-corrected chi connectivity index (χ2v) is 6.52. The molecule has 25 heavy (non-hydrogen) atoms. The fourth-order valence-electron chi connectivity index (χ4n) is 2.26. The molecule has 4 nitrogen and oxygen atoms in total. The number of hydrogen-bond donors (Lipinski definition) is 1. The number of rotatable bonds is 6. The van der Waals surface area contributed by atoms with Crippen molar-refractivity contribution in [3.05, 3.63) is 57.8 Å². The predicted molar refractivity (Wildman–Crippen MR) is 99.0 cm³/mol. The number of halogens is 3. The maximum atomic E-state index is 13.8. The van der Waals surface area contributed by atoms with Gasteiger partial charge in [-0.1, -0.05) is 29.3 Å². The number of methoxy groups -OCH3 is 1. The normalized spacial score (nSPS) is 12.1. The summed E-state index contributed by atoms with van der Waals surface area (Å²) in [5.74, 6) is -0.464. The van der Waals surface area contributed by atoms with Crippen molar-refractivity contribution in [3.8, 4) is 5.75 Å². The monoisotopic (exact) mass is 384 g/mol. The zero-order valence-corrected chi connectivity index (χ0v) is 15.7. The number of carbonyl (C=O) groups is 1. The van der Waals surface area contributed by atoms with Crippen LogP contribution in [0.3, 0.4) is 0 Å². The first kappa shape index (κ1) is 19.5. The van der Waals surface area contributed by atoms with Crippen LogP contribution in [0.5, 0.6) is 5.75 Å². The Morgan fingerprint density at radius 1 is 1.28 bits per heavy atom. The predicted octanol–water partition coefficient (Wildman–Crippen LogP) is 4.60. The van der Waals surface area contributed by atoms with Crippen LogP contribution in [0.25, 0.3) is 0 Å². The second kappa shape index (κ2) is 8.52. The van der Waals surface area contributed by atoms with Crippen molar-refractivity contribution >= 4 is 34.8 Å². The summed E-state index contributed by atoms with van der Waals surface area (Å²) in [5.41, 5.74) is 1.23. The number of amides is 1. The van der Waals surface area contributed by atoms with Gasteiger partial charge in [0.15, 0.2) is 11.6 Å². The van der Waals surface area contributed by atoms with Crippen LogP contribution < -0.4 is 10.1 Å². The first-order chi connectivity index (χ1) is 11.8. The molecular weight excluding hydrogens is 366 g/mol. The molecule has 2 rings (SSSR count). The average molecular weight is 385 g/mol. The molecule has 0 fully saturated rings. The van der Waals surface area contributed by atoms with Crippen LogP contribution in [0.4, 0.5) is 10.1 Å². The highest BCUT2D eigenvalue weighted by Gasteiger charge is 2.19. The highest BCUT2D eigenvalue weighted by Crippen LogP contribution is 2.26. The van der Waals surface area contributed by atoms with Gasteiger partial charge in [0, 0.05) is 11.6 Å². The molecule has 0 aliphatic rings. The molecule has 2 aromatic carbocycles. The van der Waals surface area contributed by atoms with E-state index in [1.807, 2.05) is 0 Å². The summed E-state index contributed by atoms with van der Waals surface area (Å²) in [5, 5.41) is 3.63. The molecule has 7 heteroatoms. The molecule has 0 bridgehead atoms. The molecule has 1 N–H and O–H groups in total. The van der Waals surface area contributed by atoms with Crippen LogP contribution >= 0.6 is 23.2 Å². The second-order valence-electron chi connectivity index (χ2n) is 5.67. The molecule has 0 aliphatic heterocycles. The zero-order valence-electron chi connectivity index (χ0n) is 14.1. The highest BCUT2D eigenvalue weighted by atomic mass is 35.5. The highest BCUT2D eigenvalue weighted by molar-refractivity contribution is 6.36. The van der Waals surface area contributed by atoms with E-state index in [-0.39, 0.29) is 11.7 Å². The third-order valence-electron chi connectivity index (χ3n) is 3.88. The van der Waals surface area contributed by atoms with Crippen molar-refractivity contribution in [2.45, 2.75) is 19.5 Å². The maximum Gasteiger partial charge on any atom is 0.241 e. The standard InChI is InChI=1S/C18H19Cl2FN2O2/c1-11(18(24)22-16-6-5-13(19)9-14(16)20)23(2)10-12-4-7-17(25-3)15(21)8-12/h4-9,11H,10H2,1-3H3,(H,22,24). The topological polar surface area (TPSA) is 41.6 Å². The Labute approximate surface area is 156 Å². The Morgan fingerprint density at radius 2 is 2.00 bits per heavy atom. The minimum Gasteiger partial charge on any atom is -0.494 e. The van der Waals surface area contributed by atoms with Crippen LogP contribution in [-0.2, 0) is 11.3 Å². The molecule has 0 heterocycles. The van der Waals surface area contributed by atoms with Crippen molar-refractivity contribution in [3.63, 3.8) is 0 Å². The summed E-state index contributed by atoms with van der Waals surface area (Å²) < 4.78 is 18.7. The number of nitrogens with zero attached hydrogens (tertiary/aromatic N) is 1. The van der Waals surface area contributed by atoms with Gasteiger partial charge in [-0.25, -0.2) is 4.39 Å². The lowest BCUT2D eigenvalue weighted by Crippen LogP contribution is -2.39. The molecule has 1 amide bonds. The third kappa shape index (κ3) is 5.08. The van der Waals surface area contributed by atoms with Gasteiger partial charge in [0.05, 0.1) is 23.9 Å². The van der Waals surface area contributed by atoms with E-state index < -0.39 is 11.9 Å². The van der Waals surface area contributed by atoms with E-state index in [2.05, 4.69) is 5.32 Å². The van der Waals surface area contributed by atoms with Gasteiger partial charge in [0.1, 0.15) is 0 Å². The summed E-state index contributed by atoms with van der Waals surface area (Å²) in [6.07, 6.45) is 0. The molecule has 0 aromatic heterocycles. The Hall–Kier alpha value is -1.82. The molecule has 0 saturated carbocycles. The Morgan fingerprint density at radius 3 is 2.60 bits per heavy atom. The number of ether oxygens (including phenoxy) is 1. The minimum atomic E-state index is -0.447. The number of likely N-dealkylation sites (N-methyl/N-ethyl adjacent to an activating group) is 1. The Balaban J connectivity index is 2.02. The average Bonchev–Trinajstić information content (AvgIpc) is 2.56. The SMILES string of the molecule is COc1ccc(CN(C)C(C)C(=O)Nc2ccc(Cl)cc2Cl)cc1F. The largest absolute Gasteiger partial charge is 0.494 e. The number of hydrogen-bond acceptors (Lipinski definition) is 3. The van der Waals surface area contributed by atoms with E-state index in [9.17, 15) is 9.18 Å². The fourth-order valence-corrected chi connectivity index (χ4v) is 2.72. The summed E-state index contributed by atoms with van der Waals surface area (Å²) in [7, 11) is 3.20.